The van der Waals surface area contributed by atoms with Gasteiger partial charge in [0.05, 0.1) is 13.2 Å². The monoisotopic (exact) mass is 240 g/mol. The molecule has 0 atom stereocenters. The molecule has 0 aromatic carbocycles. The molecule has 2 aliphatic rings. The third-order valence-electron chi connectivity index (χ3n) is 3.55. The first-order chi connectivity index (χ1) is 8.18. The van der Waals surface area contributed by atoms with Gasteiger partial charge in [0.2, 0.25) is 0 Å². The van der Waals surface area contributed by atoms with Crippen LogP contribution in [0.4, 0.5) is 0 Å². The number of ether oxygens (including phenoxy) is 1. The van der Waals surface area contributed by atoms with Crippen LogP contribution in [0.1, 0.15) is 19.8 Å². The van der Waals surface area contributed by atoms with E-state index in [0.29, 0.717) is 32.2 Å². The van der Waals surface area contributed by atoms with Gasteiger partial charge in [-0.25, -0.2) is 0 Å². The molecule has 0 aliphatic carbocycles. The van der Waals surface area contributed by atoms with Crippen molar-refractivity contribution in [2.75, 3.05) is 39.4 Å². The molecule has 2 heterocycles. The zero-order valence-corrected chi connectivity index (χ0v) is 10.4. The molecule has 2 aliphatic heterocycles. The Labute approximate surface area is 102 Å². The molecule has 0 bridgehead atoms. The molecule has 2 saturated heterocycles. The quantitative estimate of drug-likeness (QED) is 0.564. The molecule has 17 heavy (non-hydrogen) atoms. The van der Waals surface area contributed by atoms with E-state index in [1.807, 2.05) is 0 Å². The Kier molecular flexibility index (Phi) is 3.99. The summed E-state index contributed by atoms with van der Waals surface area (Å²) in [5, 5.41) is 0. The number of hydrogen-bond donors (Lipinski definition) is 0. The van der Waals surface area contributed by atoms with Crippen LogP contribution in [0.5, 0.6) is 0 Å². The highest BCUT2D eigenvalue weighted by Crippen LogP contribution is 2.16. The Bertz CT molecular complexity index is 292. The molecule has 0 aromatic rings. The number of amides is 2. The number of hydrogen-bond acceptors (Lipinski definition) is 3. The summed E-state index contributed by atoms with van der Waals surface area (Å²) in [7, 11) is 0. The van der Waals surface area contributed by atoms with Crippen molar-refractivity contribution >= 4 is 11.8 Å². The summed E-state index contributed by atoms with van der Waals surface area (Å²) in [5.41, 5.74) is 0. The minimum absolute atomic E-state index is 0.334. The van der Waals surface area contributed by atoms with E-state index in [0.717, 1.165) is 25.9 Å². The molecule has 5 heteroatoms. The summed E-state index contributed by atoms with van der Waals surface area (Å²) in [6.45, 7) is 5.77. The lowest BCUT2D eigenvalue weighted by atomic mass is 9.99. The smallest absolute Gasteiger partial charge is 0.312 e. The van der Waals surface area contributed by atoms with Gasteiger partial charge in [0.1, 0.15) is 0 Å². The van der Waals surface area contributed by atoms with Crippen LogP contribution in [-0.4, -0.2) is 61.0 Å². The number of rotatable bonds is 0. The van der Waals surface area contributed by atoms with Gasteiger partial charge in [0.15, 0.2) is 0 Å². The lowest BCUT2D eigenvalue weighted by Gasteiger charge is -2.32. The fraction of sp³-hybridized carbons (Fsp3) is 0.833. The molecule has 0 spiro atoms. The SMILES string of the molecule is CC1CCN(C(=O)C(=O)N2CCOCC2)CC1. The maximum absolute atomic E-state index is 12.0. The standard InChI is InChI=1S/C12H20N2O3/c1-10-2-4-13(5-3-10)11(15)12(16)14-6-8-17-9-7-14/h10H,2-9H2,1H3. The molecule has 96 valence electrons. The van der Waals surface area contributed by atoms with Crippen molar-refractivity contribution < 1.29 is 14.3 Å². The highest BCUT2D eigenvalue weighted by atomic mass is 16.5. The first kappa shape index (κ1) is 12.4. The largest absolute Gasteiger partial charge is 0.378 e. The Morgan fingerprint density at radius 1 is 0.941 bits per heavy atom. The van der Waals surface area contributed by atoms with Gasteiger partial charge in [-0.3, -0.25) is 9.59 Å². The molecule has 0 saturated carbocycles. The first-order valence-corrected chi connectivity index (χ1v) is 6.34. The van der Waals surface area contributed by atoms with E-state index in [4.69, 9.17) is 4.74 Å². The molecule has 0 radical (unpaired) electrons. The Hall–Kier alpha value is -1.10. The van der Waals surface area contributed by atoms with Crippen molar-refractivity contribution in [1.82, 2.24) is 9.80 Å². The van der Waals surface area contributed by atoms with Crippen molar-refractivity contribution in [3.8, 4) is 0 Å². The highest BCUT2D eigenvalue weighted by Gasteiger charge is 2.29. The molecule has 2 fully saturated rings. The third kappa shape index (κ3) is 2.97. The maximum Gasteiger partial charge on any atom is 0.312 e. The van der Waals surface area contributed by atoms with Crippen molar-refractivity contribution in [3.05, 3.63) is 0 Å². The van der Waals surface area contributed by atoms with Crippen LogP contribution >= 0.6 is 0 Å². The maximum atomic E-state index is 12.0. The van der Waals surface area contributed by atoms with Gasteiger partial charge < -0.3 is 14.5 Å². The summed E-state index contributed by atoms with van der Waals surface area (Å²) < 4.78 is 5.17. The lowest BCUT2D eigenvalue weighted by Crippen LogP contribution is -2.50. The van der Waals surface area contributed by atoms with Crippen molar-refractivity contribution in [2.24, 2.45) is 5.92 Å². The third-order valence-corrected chi connectivity index (χ3v) is 3.55. The van der Waals surface area contributed by atoms with Gasteiger partial charge in [0, 0.05) is 26.2 Å². The number of carbonyl (C=O) groups is 2. The predicted molar refractivity (Wildman–Crippen MR) is 62.4 cm³/mol. The summed E-state index contributed by atoms with van der Waals surface area (Å²) in [6, 6.07) is 0. The van der Waals surface area contributed by atoms with Gasteiger partial charge in [-0.2, -0.15) is 0 Å². The van der Waals surface area contributed by atoms with Crippen molar-refractivity contribution in [1.29, 1.82) is 0 Å². The molecule has 0 N–H and O–H groups in total. The average Bonchev–Trinajstić information content (AvgIpc) is 2.39. The number of likely N-dealkylation sites (tertiary alicyclic amines) is 1. The van der Waals surface area contributed by atoms with Gasteiger partial charge in [0.25, 0.3) is 0 Å². The number of piperidine rings is 1. The van der Waals surface area contributed by atoms with Gasteiger partial charge in [-0.1, -0.05) is 6.92 Å². The average molecular weight is 240 g/mol. The van der Waals surface area contributed by atoms with E-state index in [9.17, 15) is 9.59 Å². The molecule has 2 amide bonds. The van der Waals surface area contributed by atoms with E-state index in [1.165, 1.54) is 0 Å². The van der Waals surface area contributed by atoms with Crippen LogP contribution in [0.25, 0.3) is 0 Å². The molecule has 0 unspecified atom stereocenters. The number of morpholine rings is 1. The predicted octanol–water partition coefficient (Wildman–Crippen LogP) is 0.104. The molecular weight excluding hydrogens is 220 g/mol. The van der Waals surface area contributed by atoms with Crippen LogP contribution in [0, 0.1) is 5.92 Å². The minimum atomic E-state index is -0.358. The summed E-state index contributed by atoms with van der Waals surface area (Å²) in [4.78, 5) is 27.2. The second-order valence-corrected chi connectivity index (χ2v) is 4.88. The molecular formula is C12H20N2O3. The molecule has 0 aromatic heterocycles. The Morgan fingerprint density at radius 2 is 1.41 bits per heavy atom. The first-order valence-electron chi connectivity index (χ1n) is 6.34. The topological polar surface area (TPSA) is 49.9 Å². The zero-order chi connectivity index (χ0) is 12.3. The van der Waals surface area contributed by atoms with E-state index in [1.54, 1.807) is 9.80 Å². The van der Waals surface area contributed by atoms with Gasteiger partial charge in [-0.05, 0) is 18.8 Å². The van der Waals surface area contributed by atoms with Crippen LogP contribution in [0.15, 0.2) is 0 Å². The van der Waals surface area contributed by atoms with E-state index < -0.39 is 0 Å². The number of nitrogens with zero attached hydrogens (tertiary/aromatic N) is 2. The Morgan fingerprint density at radius 3 is 1.94 bits per heavy atom. The second-order valence-electron chi connectivity index (χ2n) is 4.88. The number of carbonyl (C=O) groups excluding carboxylic acids is 2. The van der Waals surface area contributed by atoms with E-state index >= 15 is 0 Å². The summed E-state index contributed by atoms with van der Waals surface area (Å²) in [5.74, 6) is -0.0285. The molecule has 2 rings (SSSR count). The lowest BCUT2D eigenvalue weighted by molar-refractivity contribution is -0.154. The van der Waals surface area contributed by atoms with Crippen LogP contribution < -0.4 is 0 Å². The molecule has 5 nitrogen and oxygen atoms in total. The van der Waals surface area contributed by atoms with Crippen molar-refractivity contribution in [2.45, 2.75) is 19.8 Å². The zero-order valence-electron chi connectivity index (χ0n) is 10.4. The van der Waals surface area contributed by atoms with E-state index in [2.05, 4.69) is 6.92 Å². The normalized spacial score (nSPS) is 22.6. The Balaban J connectivity index is 1.88. The minimum Gasteiger partial charge on any atom is -0.378 e. The van der Waals surface area contributed by atoms with E-state index in [-0.39, 0.29) is 11.8 Å². The van der Waals surface area contributed by atoms with Gasteiger partial charge >= 0.3 is 11.8 Å². The van der Waals surface area contributed by atoms with Crippen molar-refractivity contribution in [3.63, 3.8) is 0 Å². The van der Waals surface area contributed by atoms with Crippen LogP contribution in [0.2, 0.25) is 0 Å². The van der Waals surface area contributed by atoms with Crippen LogP contribution in [-0.2, 0) is 14.3 Å². The summed E-state index contributed by atoms with van der Waals surface area (Å²) >= 11 is 0. The van der Waals surface area contributed by atoms with Crippen LogP contribution in [0.3, 0.4) is 0 Å². The highest BCUT2D eigenvalue weighted by molar-refractivity contribution is 6.34. The summed E-state index contributed by atoms with van der Waals surface area (Å²) in [6.07, 6.45) is 2.00. The fourth-order valence-corrected chi connectivity index (χ4v) is 2.25. The van der Waals surface area contributed by atoms with Gasteiger partial charge in [-0.15, -0.1) is 0 Å². The second kappa shape index (κ2) is 5.49. The fourth-order valence-electron chi connectivity index (χ4n) is 2.25.